The Bertz CT molecular complexity index is 865. The fourth-order valence-corrected chi connectivity index (χ4v) is 3.38. The van der Waals surface area contributed by atoms with E-state index in [0.717, 1.165) is 18.7 Å². The molecule has 1 unspecified atom stereocenters. The quantitative estimate of drug-likeness (QED) is 0.880. The zero-order valence-electron chi connectivity index (χ0n) is 14.6. The number of rotatable bonds is 4. The topological polar surface area (TPSA) is 70.7 Å². The van der Waals surface area contributed by atoms with Crippen LogP contribution in [-0.4, -0.2) is 24.5 Å². The van der Waals surface area contributed by atoms with E-state index in [1.165, 1.54) is 16.0 Å². The Morgan fingerprint density at radius 2 is 2.04 bits per heavy atom. The molecule has 2 amide bonds. The molecule has 0 aliphatic carbocycles. The molecule has 0 saturated carbocycles. The Labute approximate surface area is 152 Å². The number of hydrogen-bond acceptors (Lipinski definition) is 4. The summed E-state index contributed by atoms with van der Waals surface area (Å²) in [6.07, 6.45) is -0.595. The van der Waals surface area contributed by atoms with Crippen LogP contribution in [0.3, 0.4) is 0 Å². The minimum Gasteiger partial charge on any atom is -0.479 e. The molecule has 134 valence electrons. The minimum atomic E-state index is -0.595. The van der Waals surface area contributed by atoms with Gasteiger partial charge in [0, 0.05) is 19.6 Å². The van der Waals surface area contributed by atoms with E-state index in [-0.39, 0.29) is 18.4 Å². The van der Waals surface area contributed by atoms with Crippen LogP contribution in [0.4, 0.5) is 5.69 Å². The number of nitrogens with one attached hydrogen (secondary N) is 2. The van der Waals surface area contributed by atoms with Crippen molar-refractivity contribution in [2.45, 2.75) is 32.7 Å². The van der Waals surface area contributed by atoms with E-state index in [0.29, 0.717) is 18.0 Å². The van der Waals surface area contributed by atoms with E-state index in [1.807, 2.05) is 24.3 Å². The zero-order chi connectivity index (χ0) is 18.1. The van der Waals surface area contributed by atoms with Crippen molar-refractivity contribution in [3.63, 3.8) is 0 Å². The van der Waals surface area contributed by atoms with Crippen LogP contribution in [0.2, 0.25) is 0 Å². The van der Waals surface area contributed by atoms with Crippen LogP contribution >= 0.6 is 0 Å². The van der Waals surface area contributed by atoms with Crippen molar-refractivity contribution < 1.29 is 14.3 Å². The number of para-hydroxylation sites is 2. The first-order valence-corrected chi connectivity index (χ1v) is 8.77. The number of nitrogens with zero attached hydrogens (tertiary/aromatic N) is 1. The first-order chi connectivity index (χ1) is 12.6. The number of amides is 2. The lowest BCUT2D eigenvalue weighted by Crippen LogP contribution is -2.48. The highest BCUT2D eigenvalue weighted by molar-refractivity contribution is 6.03. The van der Waals surface area contributed by atoms with Crippen LogP contribution in [0.15, 0.2) is 42.5 Å². The summed E-state index contributed by atoms with van der Waals surface area (Å²) in [7, 11) is 0. The average molecular weight is 351 g/mol. The van der Waals surface area contributed by atoms with E-state index in [2.05, 4.69) is 22.8 Å². The Hall–Kier alpha value is -2.86. The standard InChI is InChI=1S/C20H21N3O3/c1-13-20(25)23(17-4-2-3-5-18(17)26-13)12-19(24)22-9-14-6-7-15-10-21-11-16(15)8-14/h2-8,13,21H,9-12H2,1H3,(H,22,24). The summed E-state index contributed by atoms with van der Waals surface area (Å²) >= 11 is 0. The van der Waals surface area contributed by atoms with Crippen LogP contribution in [-0.2, 0) is 29.2 Å². The lowest BCUT2D eigenvalue weighted by atomic mass is 10.1. The molecule has 0 aromatic heterocycles. The van der Waals surface area contributed by atoms with Gasteiger partial charge in [0.25, 0.3) is 5.91 Å². The number of benzene rings is 2. The molecule has 26 heavy (non-hydrogen) atoms. The van der Waals surface area contributed by atoms with E-state index in [1.54, 1.807) is 13.0 Å². The molecule has 0 bridgehead atoms. The first-order valence-electron chi connectivity index (χ1n) is 8.77. The van der Waals surface area contributed by atoms with Gasteiger partial charge in [-0.25, -0.2) is 0 Å². The van der Waals surface area contributed by atoms with Crippen LogP contribution < -0.4 is 20.3 Å². The number of carbonyl (C=O) groups excluding carboxylic acids is 2. The molecule has 4 rings (SSSR count). The van der Waals surface area contributed by atoms with Crippen molar-refractivity contribution in [3.05, 3.63) is 59.2 Å². The average Bonchev–Trinajstić information content (AvgIpc) is 3.11. The van der Waals surface area contributed by atoms with Crippen molar-refractivity contribution in [1.82, 2.24) is 10.6 Å². The van der Waals surface area contributed by atoms with Gasteiger partial charge in [-0.15, -0.1) is 0 Å². The Balaban J connectivity index is 1.42. The van der Waals surface area contributed by atoms with E-state index < -0.39 is 6.10 Å². The van der Waals surface area contributed by atoms with Gasteiger partial charge in [0.2, 0.25) is 5.91 Å². The molecular weight excluding hydrogens is 330 g/mol. The molecule has 1 atom stereocenters. The SMILES string of the molecule is CC1Oc2ccccc2N(CC(=O)NCc2ccc3c(c2)CNC3)C1=O. The third-order valence-corrected chi connectivity index (χ3v) is 4.77. The maximum absolute atomic E-state index is 12.4. The molecule has 2 aliphatic rings. The second kappa shape index (κ2) is 6.80. The van der Waals surface area contributed by atoms with Crippen molar-refractivity contribution in [3.8, 4) is 5.75 Å². The number of fused-ring (bicyclic) bond motifs is 2. The predicted octanol–water partition coefficient (Wildman–Crippen LogP) is 1.72. The second-order valence-electron chi connectivity index (χ2n) is 6.64. The van der Waals surface area contributed by atoms with E-state index >= 15 is 0 Å². The molecule has 2 heterocycles. The summed E-state index contributed by atoms with van der Waals surface area (Å²) in [5.41, 5.74) is 4.28. The molecule has 0 fully saturated rings. The van der Waals surface area contributed by atoms with Crippen LogP contribution in [0.25, 0.3) is 0 Å². The van der Waals surface area contributed by atoms with Crippen molar-refractivity contribution in [2.24, 2.45) is 0 Å². The van der Waals surface area contributed by atoms with Crippen LogP contribution in [0, 0.1) is 0 Å². The van der Waals surface area contributed by atoms with Crippen molar-refractivity contribution >= 4 is 17.5 Å². The maximum atomic E-state index is 12.4. The number of carbonyl (C=O) groups is 2. The molecule has 0 spiro atoms. The summed E-state index contributed by atoms with van der Waals surface area (Å²) in [6, 6.07) is 13.5. The third-order valence-electron chi connectivity index (χ3n) is 4.77. The van der Waals surface area contributed by atoms with Crippen LogP contribution in [0.5, 0.6) is 5.75 Å². The molecule has 2 aromatic rings. The van der Waals surface area contributed by atoms with Gasteiger partial charge in [-0.05, 0) is 35.7 Å². The highest BCUT2D eigenvalue weighted by Gasteiger charge is 2.32. The number of hydrogen-bond donors (Lipinski definition) is 2. The number of anilines is 1. The smallest absolute Gasteiger partial charge is 0.268 e. The fourth-order valence-electron chi connectivity index (χ4n) is 3.38. The van der Waals surface area contributed by atoms with Gasteiger partial charge in [-0.1, -0.05) is 30.3 Å². The van der Waals surface area contributed by atoms with Gasteiger partial charge < -0.3 is 15.4 Å². The summed E-state index contributed by atoms with van der Waals surface area (Å²) in [4.78, 5) is 26.4. The van der Waals surface area contributed by atoms with E-state index in [4.69, 9.17) is 4.74 Å². The van der Waals surface area contributed by atoms with Gasteiger partial charge in [0.1, 0.15) is 12.3 Å². The highest BCUT2D eigenvalue weighted by Crippen LogP contribution is 2.33. The highest BCUT2D eigenvalue weighted by atomic mass is 16.5. The molecule has 2 aromatic carbocycles. The molecular formula is C20H21N3O3. The maximum Gasteiger partial charge on any atom is 0.268 e. The molecule has 6 nitrogen and oxygen atoms in total. The molecule has 6 heteroatoms. The molecule has 2 aliphatic heterocycles. The second-order valence-corrected chi connectivity index (χ2v) is 6.64. The zero-order valence-corrected chi connectivity index (χ0v) is 14.6. The lowest BCUT2D eigenvalue weighted by molar-refractivity contribution is -0.128. The lowest BCUT2D eigenvalue weighted by Gasteiger charge is -2.32. The predicted molar refractivity (Wildman–Crippen MR) is 97.7 cm³/mol. The van der Waals surface area contributed by atoms with Gasteiger partial charge in [-0.3, -0.25) is 14.5 Å². The number of ether oxygens (including phenoxy) is 1. The Morgan fingerprint density at radius 1 is 1.23 bits per heavy atom. The Kier molecular flexibility index (Phi) is 4.34. The van der Waals surface area contributed by atoms with Crippen LogP contribution in [0.1, 0.15) is 23.6 Å². The van der Waals surface area contributed by atoms with Gasteiger partial charge in [-0.2, -0.15) is 0 Å². The molecule has 0 saturated heterocycles. The normalized spacial score (nSPS) is 18.1. The third kappa shape index (κ3) is 3.15. The summed E-state index contributed by atoms with van der Waals surface area (Å²) in [5, 5.41) is 6.22. The summed E-state index contributed by atoms with van der Waals surface area (Å²) in [5.74, 6) is 0.224. The fraction of sp³-hybridized carbons (Fsp3) is 0.300. The van der Waals surface area contributed by atoms with Gasteiger partial charge in [0.05, 0.1) is 5.69 Å². The van der Waals surface area contributed by atoms with E-state index in [9.17, 15) is 9.59 Å². The monoisotopic (exact) mass is 351 g/mol. The molecule has 0 radical (unpaired) electrons. The summed E-state index contributed by atoms with van der Waals surface area (Å²) in [6.45, 7) is 3.90. The summed E-state index contributed by atoms with van der Waals surface area (Å²) < 4.78 is 5.60. The Morgan fingerprint density at radius 3 is 2.92 bits per heavy atom. The largest absolute Gasteiger partial charge is 0.479 e. The molecule has 2 N–H and O–H groups in total. The minimum absolute atomic E-state index is 0.0178. The first kappa shape index (κ1) is 16.6. The van der Waals surface area contributed by atoms with Gasteiger partial charge in [0.15, 0.2) is 6.10 Å². The van der Waals surface area contributed by atoms with Crippen molar-refractivity contribution in [2.75, 3.05) is 11.4 Å². The van der Waals surface area contributed by atoms with Gasteiger partial charge >= 0.3 is 0 Å². The van der Waals surface area contributed by atoms with Crippen molar-refractivity contribution in [1.29, 1.82) is 0 Å².